The normalized spacial score (nSPS) is 10.4. The third-order valence-electron chi connectivity index (χ3n) is 4.81. The number of methoxy groups -OCH3 is 1. The number of aromatic hydroxyl groups is 1. The van der Waals surface area contributed by atoms with Crippen LogP contribution in [0.5, 0.6) is 11.5 Å². The smallest absolute Gasteiger partial charge is 0.255 e. The number of benzene rings is 2. The van der Waals surface area contributed by atoms with Gasteiger partial charge in [0.1, 0.15) is 11.6 Å². The Balaban J connectivity index is 1.65. The number of rotatable bonds is 11. The van der Waals surface area contributed by atoms with Crippen LogP contribution in [0.3, 0.4) is 0 Å². The molecule has 184 valence electrons. The molecule has 0 saturated heterocycles. The van der Waals surface area contributed by atoms with Crippen LogP contribution in [0.1, 0.15) is 17.3 Å². The van der Waals surface area contributed by atoms with Crippen LogP contribution >= 0.6 is 11.6 Å². The van der Waals surface area contributed by atoms with Crippen molar-refractivity contribution in [3.8, 4) is 22.9 Å². The summed E-state index contributed by atoms with van der Waals surface area (Å²) in [6.07, 6.45) is 0. The summed E-state index contributed by atoms with van der Waals surface area (Å²) in [4.78, 5) is 32.6. The SMILES string of the molecule is COc1cccc(C(=O)NCCNc2cc(NCCNC(C)=O)nc(-c3ccc(Cl)cc3)n2)c1O. The van der Waals surface area contributed by atoms with Crippen molar-refractivity contribution in [1.82, 2.24) is 20.6 Å². The van der Waals surface area contributed by atoms with Gasteiger partial charge in [-0.15, -0.1) is 0 Å². The molecule has 10 nitrogen and oxygen atoms in total. The predicted octanol–water partition coefficient (Wildman–Crippen LogP) is 2.90. The highest BCUT2D eigenvalue weighted by atomic mass is 35.5. The van der Waals surface area contributed by atoms with Gasteiger partial charge >= 0.3 is 0 Å². The average molecular weight is 499 g/mol. The Bertz CT molecular complexity index is 1170. The molecular formula is C24H27ClN6O4. The molecule has 0 aliphatic carbocycles. The molecule has 1 aromatic heterocycles. The standard InChI is InChI=1S/C24H27ClN6O4/c1-15(32)26-10-11-27-20-14-21(31-23(30-20)16-6-8-17(25)9-7-16)28-12-13-29-24(34)18-4-3-5-19(35-2)22(18)33/h3-9,14,33H,10-13H2,1-2H3,(H,26,32)(H,29,34)(H2,27,28,30,31). The number of hydrogen-bond acceptors (Lipinski definition) is 8. The maximum Gasteiger partial charge on any atom is 0.255 e. The second-order valence-electron chi connectivity index (χ2n) is 7.42. The third kappa shape index (κ3) is 7.47. The molecule has 0 atom stereocenters. The molecule has 0 saturated carbocycles. The van der Waals surface area contributed by atoms with Gasteiger partial charge < -0.3 is 31.1 Å². The summed E-state index contributed by atoms with van der Waals surface area (Å²) in [5, 5.41) is 22.6. The molecule has 0 spiro atoms. The van der Waals surface area contributed by atoms with E-state index in [1.54, 1.807) is 30.3 Å². The summed E-state index contributed by atoms with van der Waals surface area (Å²) in [5.41, 5.74) is 0.909. The Morgan fingerprint density at radius 2 is 1.57 bits per heavy atom. The van der Waals surface area contributed by atoms with E-state index in [0.717, 1.165) is 5.56 Å². The van der Waals surface area contributed by atoms with Crippen molar-refractivity contribution < 1.29 is 19.4 Å². The second kappa shape index (κ2) is 12.4. The summed E-state index contributed by atoms with van der Waals surface area (Å²) in [6.45, 7) is 3.04. The number of phenols is 1. The monoisotopic (exact) mass is 498 g/mol. The van der Waals surface area contributed by atoms with Crippen molar-refractivity contribution in [3.63, 3.8) is 0 Å². The first-order chi connectivity index (χ1) is 16.9. The molecule has 0 radical (unpaired) electrons. The van der Waals surface area contributed by atoms with Crippen LogP contribution in [0.15, 0.2) is 48.5 Å². The molecule has 35 heavy (non-hydrogen) atoms. The molecule has 0 fully saturated rings. The zero-order valence-electron chi connectivity index (χ0n) is 19.4. The Hall–Kier alpha value is -4.05. The number of nitrogens with one attached hydrogen (secondary N) is 4. The van der Waals surface area contributed by atoms with Gasteiger partial charge in [0.05, 0.1) is 12.7 Å². The largest absolute Gasteiger partial charge is 0.504 e. The van der Waals surface area contributed by atoms with Gasteiger partial charge in [0, 0.05) is 49.8 Å². The van der Waals surface area contributed by atoms with E-state index in [1.807, 2.05) is 12.1 Å². The summed E-state index contributed by atoms with van der Waals surface area (Å²) in [5.74, 6) is 1.09. The highest BCUT2D eigenvalue weighted by Crippen LogP contribution is 2.29. The first kappa shape index (κ1) is 25.6. The molecule has 2 amide bonds. The number of anilines is 2. The number of aromatic nitrogens is 2. The van der Waals surface area contributed by atoms with Crippen molar-refractivity contribution >= 4 is 35.1 Å². The third-order valence-corrected chi connectivity index (χ3v) is 5.07. The lowest BCUT2D eigenvalue weighted by molar-refractivity contribution is -0.118. The van der Waals surface area contributed by atoms with Gasteiger partial charge in [-0.05, 0) is 36.4 Å². The molecule has 11 heteroatoms. The number of para-hydroxylation sites is 1. The number of carbonyl (C=O) groups is 2. The van der Waals surface area contributed by atoms with E-state index in [0.29, 0.717) is 42.1 Å². The van der Waals surface area contributed by atoms with Gasteiger partial charge in [-0.25, -0.2) is 9.97 Å². The zero-order valence-corrected chi connectivity index (χ0v) is 20.1. The van der Waals surface area contributed by atoms with Gasteiger partial charge in [-0.2, -0.15) is 0 Å². The molecule has 0 unspecified atom stereocenters. The van der Waals surface area contributed by atoms with Crippen molar-refractivity contribution in [2.75, 3.05) is 43.9 Å². The molecule has 0 bridgehead atoms. The van der Waals surface area contributed by atoms with Crippen LogP contribution in [0.25, 0.3) is 11.4 Å². The number of hydrogen-bond donors (Lipinski definition) is 5. The Morgan fingerprint density at radius 1 is 0.943 bits per heavy atom. The fourth-order valence-corrected chi connectivity index (χ4v) is 3.24. The molecule has 3 aromatic rings. The van der Waals surface area contributed by atoms with Crippen molar-refractivity contribution in [1.29, 1.82) is 0 Å². The minimum atomic E-state index is -0.423. The zero-order chi connectivity index (χ0) is 25.2. The Morgan fingerprint density at radius 3 is 2.17 bits per heavy atom. The Labute approximate surface area is 208 Å². The number of ether oxygens (including phenoxy) is 1. The van der Waals surface area contributed by atoms with E-state index in [4.69, 9.17) is 16.3 Å². The number of halogens is 1. The first-order valence-electron chi connectivity index (χ1n) is 10.9. The van der Waals surface area contributed by atoms with Crippen molar-refractivity contribution in [2.45, 2.75) is 6.92 Å². The van der Waals surface area contributed by atoms with Crippen LogP contribution < -0.4 is 26.0 Å². The van der Waals surface area contributed by atoms with Gasteiger partial charge in [-0.3, -0.25) is 9.59 Å². The second-order valence-corrected chi connectivity index (χ2v) is 7.85. The van der Waals surface area contributed by atoms with Crippen LogP contribution in [0, 0.1) is 0 Å². The van der Waals surface area contributed by atoms with Gasteiger partial charge in [0.15, 0.2) is 17.3 Å². The number of phenolic OH excluding ortho intramolecular Hbond substituents is 1. The molecule has 0 aliphatic rings. The van der Waals surface area contributed by atoms with Crippen LogP contribution in [0.4, 0.5) is 11.6 Å². The summed E-state index contributed by atoms with van der Waals surface area (Å²) in [6, 6.07) is 13.6. The van der Waals surface area contributed by atoms with Crippen molar-refractivity contribution in [3.05, 3.63) is 59.1 Å². The van der Waals surface area contributed by atoms with Gasteiger partial charge in [0.25, 0.3) is 5.91 Å². The lowest BCUT2D eigenvalue weighted by Crippen LogP contribution is -2.29. The lowest BCUT2D eigenvalue weighted by Gasteiger charge is -2.13. The summed E-state index contributed by atoms with van der Waals surface area (Å²) < 4.78 is 5.04. The van der Waals surface area contributed by atoms with E-state index >= 15 is 0 Å². The van der Waals surface area contributed by atoms with Crippen molar-refractivity contribution in [2.24, 2.45) is 0 Å². The summed E-state index contributed by atoms with van der Waals surface area (Å²) >= 11 is 6.00. The summed E-state index contributed by atoms with van der Waals surface area (Å²) in [7, 11) is 1.42. The van der Waals surface area contributed by atoms with E-state index in [2.05, 4.69) is 31.2 Å². The average Bonchev–Trinajstić information content (AvgIpc) is 2.85. The van der Waals surface area contributed by atoms with Crippen LogP contribution in [-0.4, -0.2) is 60.2 Å². The minimum absolute atomic E-state index is 0.108. The van der Waals surface area contributed by atoms with E-state index in [1.165, 1.54) is 20.1 Å². The maximum absolute atomic E-state index is 12.4. The predicted molar refractivity (Wildman–Crippen MR) is 135 cm³/mol. The molecule has 3 rings (SSSR count). The number of carbonyl (C=O) groups excluding carboxylic acids is 2. The van der Waals surface area contributed by atoms with Gasteiger partial charge in [0.2, 0.25) is 5.91 Å². The quantitative estimate of drug-likeness (QED) is 0.254. The molecule has 0 aliphatic heterocycles. The molecule has 1 heterocycles. The topological polar surface area (TPSA) is 138 Å². The van der Waals surface area contributed by atoms with Gasteiger partial charge in [-0.1, -0.05) is 17.7 Å². The highest BCUT2D eigenvalue weighted by molar-refractivity contribution is 6.30. The first-order valence-corrected chi connectivity index (χ1v) is 11.3. The van der Waals surface area contributed by atoms with Crippen LogP contribution in [0.2, 0.25) is 5.02 Å². The number of nitrogens with zero attached hydrogens (tertiary/aromatic N) is 2. The minimum Gasteiger partial charge on any atom is -0.504 e. The van der Waals surface area contributed by atoms with E-state index < -0.39 is 5.91 Å². The lowest BCUT2D eigenvalue weighted by atomic mass is 10.1. The Kier molecular flexibility index (Phi) is 9.08. The maximum atomic E-state index is 12.4. The molecule has 5 N–H and O–H groups in total. The molecular weight excluding hydrogens is 472 g/mol. The highest BCUT2D eigenvalue weighted by Gasteiger charge is 2.14. The molecule has 2 aromatic carbocycles. The fraction of sp³-hybridized carbons (Fsp3) is 0.250. The fourth-order valence-electron chi connectivity index (χ4n) is 3.12. The van der Waals surface area contributed by atoms with Crippen LogP contribution in [-0.2, 0) is 4.79 Å². The van der Waals surface area contributed by atoms with E-state index in [-0.39, 0.29) is 29.5 Å². The number of amides is 2. The van der Waals surface area contributed by atoms with E-state index in [9.17, 15) is 14.7 Å².